The SMILES string of the molecule is CC(C)(C)C(CO)NC(=O)O. The number of carboxylic acid groups (broad SMARTS) is 1. The Hall–Kier alpha value is -0.770. The predicted octanol–water partition coefficient (Wildman–Crippen LogP) is 0.661. The van der Waals surface area contributed by atoms with E-state index in [1.807, 2.05) is 20.8 Å². The van der Waals surface area contributed by atoms with Crippen LogP contribution in [0.1, 0.15) is 20.8 Å². The highest BCUT2D eigenvalue weighted by Crippen LogP contribution is 2.18. The molecule has 0 heterocycles. The van der Waals surface area contributed by atoms with Crippen LogP contribution in [0.5, 0.6) is 0 Å². The van der Waals surface area contributed by atoms with Gasteiger partial charge in [-0.25, -0.2) is 4.79 Å². The van der Waals surface area contributed by atoms with Gasteiger partial charge in [-0.05, 0) is 5.41 Å². The molecule has 0 aromatic rings. The lowest BCUT2D eigenvalue weighted by atomic mass is 9.87. The average molecular weight is 161 g/mol. The summed E-state index contributed by atoms with van der Waals surface area (Å²) in [5.41, 5.74) is -0.243. The van der Waals surface area contributed by atoms with Crippen molar-refractivity contribution < 1.29 is 15.0 Å². The Morgan fingerprint density at radius 2 is 2.00 bits per heavy atom. The molecule has 11 heavy (non-hydrogen) atoms. The van der Waals surface area contributed by atoms with E-state index in [4.69, 9.17) is 10.2 Å². The van der Waals surface area contributed by atoms with Crippen molar-refractivity contribution in [3.05, 3.63) is 0 Å². The summed E-state index contributed by atoms with van der Waals surface area (Å²) >= 11 is 0. The van der Waals surface area contributed by atoms with Crippen molar-refractivity contribution in [1.82, 2.24) is 5.32 Å². The third-order valence-electron chi connectivity index (χ3n) is 1.53. The number of rotatable bonds is 2. The van der Waals surface area contributed by atoms with Crippen molar-refractivity contribution in [2.45, 2.75) is 26.8 Å². The van der Waals surface area contributed by atoms with Gasteiger partial charge in [0.1, 0.15) is 0 Å². The van der Waals surface area contributed by atoms with E-state index in [9.17, 15) is 4.79 Å². The maximum Gasteiger partial charge on any atom is 0.404 e. The number of hydrogen-bond acceptors (Lipinski definition) is 2. The third-order valence-corrected chi connectivity index (χ3v) is 1.53. The monoisotopic (exact) mass is 161 g/mol. The molecule has 0 aromatic carbocycles. The zero-order chi connectivity index (χ0) is 9.07. The fourth-order valence-electron chi connectivity index (χ4n) is 0.685. The van der Waals surface area contributed by atoms with E-state index in [-0.39, 0.29) is 12.0 Å². The first-order chi connectivity index (χ1) is 4.88. The van der Waals surface area contributed by atoms with Crippen molar-refractivity contribution in [1.29, 1.82) is 0 Å². The molecule has 0 aliphatic carbocycles. The topological polar surface area (TPSA) is 69.6 Å². The Balaban J connectivity index is 4.07. The van der Waals surface area contributed by atoms with E-state index in [1.54, 1.807) is 0 Å². The average Bonchev–Trinajstić information content (AvgIpc) is 1.79. The fourth-order valence-corrected chi connectivity index (χ4v) is 0.685. The quantitative estimate of drug-likeness (QED) is 0.557. The molecular formula is C7H15NO3. The van der Waals surface area contributed by atoms with Crippen LogP contribution in [-0.4, -0.2) is 29.0 Å². The number of hydrogen-bond donors (Lipinski definition) is 3. The Bertz CT molecular complexity index is 139. The lowest BCUT2D eigenvalue weighted by Gasteiger charge is -2.28. The van der Waals surface area contributed by atoms with Gasteiger partial charge in [-0.1, -0.05) is 20.8 Å². The molecule has 1 atom stereocenters. The Kier molecular flexibility index (Phi) is 3.32. The molecule has 0 saturated heterocycles. The van der Waals surface area contributed by atoms with Crippen LogP contribution in [0.4, 0.5) is 4.79 Å². The van der Waals surface area contributed by atoms with Crippen LogP contribution >= 0.6 is 0 Å². The van der Waals surface area contributed by atoms with Crippen molar-refractivity contribution >= 4 is 6.09 Å². The van der Waals surface area contributed by atoms with Gasteiger partial charge < -0.3 is 15.5 Å². The summed E-state index contributed by atoms with van der Waals surface area (Å²) in [7, 11) is 0. The summed E-state index contributed by atoms with van der Waals surface area (Å²) in [6.45, 7) is 5.42. The third kappa shape index (κ3) is 3.83. The molecule has 0 fully saturated rings. The summed E-state index contributed by atoms with van der Waals surface area (Å²) < 4.78 is 0. The van der Waals surface area contributed by atoms with E-state index in [0.717, 1.165) is 0 Å². The molecule has 3 N–H and O–H groups in total. The number of amides is 1. The van der Waals surface area contributed by atoms with Crippen LogP contribution in [-0.2, 0) is 0 Å². The van der Waals surface area contributed by atoms with Gasteiger partial charge in [0, 0.05) is 0 Å². The van der Waals surface area contributed by atoms with Crippen molar-refractivity contribution in [3.63, 3.8) is 0 Å². The van der Waals surface area contributed by atoms with E-state index < -0.39 is 12.1 Å². The van der Waals surface area contributed by atoms with E-state index in [2.05, 4.69) is 5.32 Å². The molecule has 0 spiro atoms. The largest absolute Gasteiger partial charge is 0.465 e. The van der Waals surface area contributed by atoms with Crippen molar-refractivity contribution in [2.75, 3.05) is 6.61 Å². The summed E-state index contributed by atoms with van der Waals surface area (Å²) in [6.07, 6.45) is -1.10. The molecule has 0 bridgehead atoms. The second kappa shape index (κ2) is 3.57. The van der Waals surface area contributed by atoms with Crippen LogP contribution < -0.4 is 5.32 Å². The molecule has 66 valence electrons. The summed E-state index contributed by atoms with van der Waals surface area (Å²) in [5, 5.41) is 19.4. The van der Waals surface area contributed by atoms with E-state index >= 15 is 0 Å². The first kappa shape index (κ1) is 10.2. The van der Waals surface area contributed by atoms with E-state index in [0.29, 0.717) is 0 Å². The van der Waals surface area contributed by atoms with Crippen LogP contribution in [0.3, 0.4) is 0 Å². The maximum absolute atomic E-state index is 10.2. The highest BCUT2D eigenvalue weighted by molar-refractivity contribution is 5.64. The maximum atomic E-state index is 10.2. The normalized spacial score (nSPS) is 14.2. The minimum absolute atomic E-state index is 0.171. The molecule has 0 saturated carbocycles. The second-order valence-electron chi connectivity index (χ2n) is 3.55. The fraction of sp³-hybridized carbons (Fsp3) is 0.857. The second-order valence-corrected chi connectivity index (χ2v) is 3.55. The zero-order valence-electron chi connectivity index (χ0n) is 7.09. The van der Waals surface area contributed by atoms with Gasteiger partial charge in [0.15, 0.2) is 0 Å². The van der Waals surface area contributed by atoms with Gasteiger partial charge in [-0.15, -0.1) is 0 Å². The lowest BCUT2D eigenvalue weighted by Crippen LogP contribution is -2.45. The molecule has 0 rings (SSSR count). The predicted molar refractivity (Wildman–Crippen MR) is 41.5 cm³/mol. The van der Waals surface area contributed by atoms with Crippen LogP contribution in [0.2, 0.25) is 0 Å². The van der Waals surface area contributed by atoms with Crippen LogP contribution in [0.25, 0.3) is 0 Å². The first-order valence-electron chi connectivity index (χ1n) is 3.48. The number of aliphatic hydroxyl groups is 1. The van der Waals surface area contributed by atoms with Gasteiger partial charge >= 0.3 is 6.09 Å². The highest BCUT2D eigenvalue weighted by Gasteiger charge is 2.24. The van der Waals surface area contributed by atoms with Gasteiger partial charge in [0.05, 0.1) is 12.6 Å². The van der Waals surface area contributed by atoms with Gasteiger partial charge in [0.25, 0.3) is 0 Å². The van der Waals surface area contributed by atoms with Gasteiger partial charge in [-0.3, -0.25) is 0 Å². The Morgan fingerprint density at radius 3 is 2.09 bits per heavy atom. The van der Waals surface area contributed by atoms with Gasteiger partial charge in [0.2, 0.25) is 0 Å². The molecule has 0 aliphatic rings. The summed E-state index contributed by atoms with van der Waals surface area (Å²) in [6, 6.07) is -0.403. The smallest absolute Gasteiger partial charge is 0.404 e. The molecule has 1 unspecified atom stereocenters. The standard InChI is InChI=1S/C7H15NO3/c1-7(2,3)5(4-9)8-6(10)11/h5,8-9H,4H2,1-3H3,(H,10,11). The molecule has 0 aliphatic heterocycles. The zero-order valence-corrected chi connectivity index (χ0v) is 7.09. The minimum Gasteiger partial charge on any atom is -0.465 e. The summed E-state index contributed by atoms with van der Waals surface area (Å²) in [5.74, 6) is 0. The summed E-state index contributed by atoms with van der Waals surface area (Å²) in [4.78, 5) is 10.2. The van der Waals surface area contributed by atoms with Crippen molar-refractivity contribution in [2.24, 2.45) is 5.41 Å². The number of carbonyl (C=O) groups is 1. The molecule has 4 nitrogen and oxygen atoms in total. The highest BCUT2D eigenvalue weighted by atomic mass is 16.4. The first-order valence-corrected chi connectivity index (χ1v) is 3.48. The molecule has 0 radical (unpaired) electrons. The Labute approximate surface area is 66.2 Å². The van der Waals surface area contributed by atoms with Crippen molar-refractivity contribution in [3.8, 4) is 0 Å². The van der Waals surface area contributed by atoms with Crippen LogP contribution in [0, 0.1) is 5.41 Å². The molecule has 0 aromatic heterocycles. The Morgan fingerprint density at radius 1 is 1.55 bits per heavy atom. The molecular weight excluding hydrogens is 146 g/mol. The number of nitrogens with one attached hydrogen (secondary N) is 1. The minimum atomic E-state index is -1.10. The lowest BCUT2D eigenvalue weighted by molar-refractivity contribution is 0.139. The van der Waals surface area contributed by atoms with Crippen LogP contribution in [0.15, 0.2) is 0 Å². The van der Waals surface area contributed by atoms with Gasteiger partial charge in [-0.2, -0.15) is 0 Å². The molecule has 4 heteroatoms. The number of aliphatic hydroxyl groups excluding tert-OH is 1. The molecule has 1 amide bonds. The van der Waals surface area contributed by atoms with E-state index in [1.165, 1.54) is 0 Å².